The Balaban J connectivity index is 1.46. The van der Waals surface area contributed by atoms with Crippen LogP contribution in [0.25, 0.3) is 0 Å². The van der Waals surface area contributed by atoms with E-state index in [0.717, 1.165) is 51.1 Å². The number of benzene rings is 1. The van der Waals surface area contributed by atoms with Crippen molar-refractivity contribution in [3.8, 4) is 0 Å². The predicted octanol–water partition coefficient (Wildman–Crippen LogP) is 2.62. The van der Waals surface area contributed by atoms with Gasteiger partial charge in [-0.1, -0.05) is 12.1 Å². The minimum Gasteiger partial charge on any atom is -0.370 e. The minimum atomic E-state index is 0.223. The molecule has 0 bridgehead atoms. The molecule has 0 radical (unpaired) electrons. The summed E-state index contributed by atoms with van der Waals surface area (Å²) in [6, 6.07) is 8.26. The molecule has 1 atom stereocenters. The molecular formula is C18H25N3O. The van der Waals surface area contributed by atoms with E-state index in [0.29, 0.717) is 5.41 Å². The summed E-state index contributed by atoms with van der Waals surface area (Å²) >= 11 is 0. The molecule has 4 nitrogen and oxygen atoms in total. The van der Waals surface area contributed by atoms with Gasteiger partial charge in [0.25, 0.3) is 0 Å². The highest BCUT2D eigenvalue weighted by molar-refractivity contribution is 5.98. The molecule has 1 aromatic rings. The van der Waals surface area contributed by atoms with E-state index < -0.39 is 0 Å². The molecule has 1 unspecified atom stereocenters. The van der Waals surface area contributed by atoms with Gasteiger partial charge in [0.05, 0.1) is 11.4 Å². The molecular weight excluding hydrogens is 274 g/mol. The molecule has 1 aromatic carbocycles. The van der Waals surface area contributed by atoms with Crippen LogP contribution in [0.1, 0.15) is 32.1 Å². The van der Waals surface area contributed by atoms with Crippen LogP contribution in [0.3, 0.4) is 0 Å². The van der Waals surface area contributed by atoms with Crippen LogP contribution in [0.5, 0.6) is 0 Å². The third kappa shape index (κ3) is 2.50. The molecule has 2 saturated heterocycles. The van der Waals surface area contributed by atoms with Gasteiger partial charge in [0.1, 0.15) is 0 Å². The molecule has 1 saturated carbocycles. The van der Waals surface area contributed by atoms with E-state index in [9.17, 15) is 4.79 Å². The Kier molecular flexibility index (Phi) is 3.57. The van der Waals surface area contributed by atoms with E-state index in [1.54, 1.807) is 0 Å². The van der Waals surface area contributed by atoms with Crippen molar-refractivity contribution in [2.75, 3.05) is 36.4 Å². The molecule has 4 rings (SSSR count). The first-order chi connectivity index (χ1) is 10.8. The number of anilines is 2. The fourth-order valence-corrected chi connectivity index (χ4v) is 4.23. The molecule has 1 aliphatic carbocycles. The van der Waals surface area contributed by atoms with Crippen LogP contribution in [0.2, 0.25) is 0 Å². The minimum absolute atomic E-state index is 0.223. The summed E-state index contributed by atoms with van der Waals surface area (Å²) in [6.45, 7) is 4.33. The topological polar surface area (TPSA) is 44.4 Å². The maximum Gasteiger partial charge on any atom is 0.228 e. The van der Waals surface area contributed by atoms with Crippen LogP contribution >= 0.6 is 0 Å². The summed E-state index contributed by atoms with van der Waals surface area (Å²) in [5, 5.41) is 6.62. The third-order valence-electron chi connectivity index (χ3n) is 5.71. The molecule has 2 aliphatic heterocycles. The molecule has 2 heterocycles. The second-order valence-electron chi connectivity index (χ2n) is 7.07. The zero-order valence-electron chi connectivity index (χ0n) is 13.1. The van der Waals surface area contributed by atoms with Crippen LogP contribution in [0, 0.1) is 11.3 Å². The second-order valence-corrected chi connectivity index (χ2v) is 7.07. The monoisotopic (exact) mass is 299 g/mol. The van der Waals surface area contributed by atoms with Gasteiger partial charge < -0.3 is 15.5 Å². The first kappa shape index (κ1) is 14.1. The standard InChI is InChI=1S/C18H25N3O/c22-17(14-13-18(14)7-9-19-10-8-18)20-15-5-1-2-6-16(15)21-11-3-4-12-21/h1-2,5-6,14,19H,3-4,7-13H2,(H,20,22). The fraction of sp³-hybridized carbons (Fsp3) is 0.611. The van der Waals surface area contributed by atoms with E-state index in [4.69, 9.17) is 0 Å². The van der Waals surface area contributed by atoms with Gasteiger partial charge >= 0.3 is 0 Å². The Morgan fingerprint density at radius 1 is 1.18 bits per heavy atom. The van der Waals surface area contributed by atoms with Gasteiger partial charge in [0.2, 0.25) is 5.91 Å². The Morgan fingerprint density at radius 3 is 2.68 bits per heavy atom. The van der Waals surface area contributed by atoms with Crippen molar-refractivity contribution in [1.29, 1.82) is 0 Å². The largest absolute Gasteiger partial charge is 0.370 e. The van der Waals surface area contributed by atoms with Crippen LogP contribution in [-0.2, 0) is 4.79 Å². The van der Waals surface area contributed by atoms with E-state index in [1.165, 1.54) is 18.5 Å². The summed E-state index contributed by atoms with van der Waals surface area (Å²) in [6.07, 6.45) is 5.88. The normalized spacial score (nSPS) is 26.2. The Bertz CT molecular complexity index is 559. The number of rotatable bonds is 3. The van der Waals surface area contributed by atoms with Gasteiger partial charge in [0, 0.05) is 19.0 Å². The molecule has 0 aromatic heterocycles. The van der Waals surface area contributed by atoms with Crippen LogP contribution in [-0.4, -0.2) is 32.1 Å². The van der Waals surface area contributed by atoms with Crippen molar-refractivity contribution >= 4 is 17.3 Å². The lowest BCUT2D eigenvalue weighted by Crippen LogP contribution is -2.31. The zero-order valence-corrected chi connectivity index (χ0v) is 13.1. The number of carbonyl (C=O) groups is 1. The van der Waals surface area contributed by atoms with Crippen LogP contribution < -0.4 is 15.5 Å². The summed E-state index contributed by atoms with van der Waals surface area (Å²) in [4.78, 5) is 15.1. The van der Waals surface area contributed by atoms with Crippen LogP contribution in [0.15, 0.2) is 24.3 Å². The summed E-state index contributed by atoms with van der Waals surface area (Å²) < 4.78 is 0. The molecule has 1 spiro atoms. The number of hydrogen-bond donors (Lipinski definition) is 2. The van der Waals surface area contributed by atoms with Gasteiger partial charge in [-0.25, -0.2) is 0 Å². The summed E-state index contributed by atoms with van der Waals surface area (Å²) in [7, 11) is 0. The van der Waals surface area contributed by atoms with Gasteiger partial charge in [-0.05, 0) is 62.7 Å². The number of nitrogens with zero attached hydrogens (tertiary/aromatic N) is 1. The highest BCUT2D eigenvalue weighted by Gasteiger charge is 2.57. The summed E-state index contributed by atoms with van der Waals surface area (Å²) in [5.41, 5.74) is 2.48. The van der Waals surface area contributed by atoms with Gasteiger partial charge in [-0.15, -0.1) is 0 Å². The number of amides is 1. The Morgan fingerprint density at radius 2 is 1.91 bits per heavy atom. The highest BCUT2D eigenvalue weighted by Crippen LogP contribution is 2.58. The smallest absolute Gasteiger partial charge is 0.228 e. The van der Waals surface area contributed by atoms with Crippen molar-refractivity contribution in [3.05, 3.63) is 24.3 Å². The molecule has 1 amide bonds. The molecule has 2 N–H and O–H groups in total. The average Bonchev–Trinajstić information content (AvgIpc) is 2.99. The molecule has 3 fully saturated rings. The number of para-hydroxylation sites is 2. The quantitative estimate of drug-likeness (QED) is 0.902. The highest BCUT2D eigenvalue weighted by atomic mass is 16.2. The molecule has 4 heteroatoms. The predicted molar refractivity (Wildman–Crippen MR) is 89.2 cm³/mol. The lowest BCUT2D eigenvalue weighted by molar-refractivity contribution is -0.118. The van der Waals surface area contributed by atoms with E-state index in [1.807, 2.05) is 12.1 Å². The van der Waals surface area contributed by atoms with Gasteiger partial charge in [-0.2, -0.15) is 0 Å². The van der Waals surface area contributed by atoms with Gasteiger partial charge in [0.15, 0.2) is 0 Å². The summed E-state index contributed by atoms with van der Waals surface area (Å²) in [5.74, 6) is 0.454. The first-order valence-electron chi connectivity index (χ1n) is 8.64. The van der Waals surface area contributed by atoms with Crippen molar-refractivity contribution in [3.63, 3.8) is 0 Å². The number of carbonyl (C=O) groups excluding carboxylic acids is 1. The van der Waals surface area contributed by atoms with E-state index in [-0.39, 0.29) is 11.8 Å². The lowest BCUT2D eigenvalue weighted by atomic mass is 9.92. The third-order valence-corrected chi connectivity index (χ3v) is 5.71. The van der Waals surface area contributed by atoms with Crippen molar-refractivity contribution in [1.82, 2.24) is 5.32 Å². The van der Waals surface area contributed by atoms with E-state index >= 15 is 0 Å². The van der Waals surface area contributed by atoms with Crippen molar-refractivity contribution in [2.45, 2.75) is 32.1 Å². The van der Waals surface area contributed by atoms with Crippen molar-refractivity contribution in [2.24, 2.45) is 11.3 Å². The molecule has 3 aliphatic rings. The maximum atomic E-state index is 12.7. The van der Waals surface area contributed by atoms with Gasteiger partial charge in [-0.3, -0.25) is 4.79 Å². The molecule has 22 heavy (non-hydrogen) atoms. The Hall–Kier alpha value is -1.55. The van der Waals surface area contributed by atoms with Crippen molar-refractivity contribution < 1.29 is 4.79 Å². The second kappa shape index (κ2) is 5.58. The van der Waals surface area contributed by atoms with Crippen LogP contribution in [0.4, 0.5) is 11.4 Å². The average molecular weight is 299 g/mol. The zero-order chi connectivity index (χ0) is 15.0. The first-order valence-corrected chi connectivity index (χ1v) is 8.64. The number of piperidine rings is 1. The molecule has 118 valence electrons. The fourth-order valence-electron chi connectivity index (χ4n) is 4.23. The van der Waals surface area contributed by atoms with E-state index in [2.05, 4.69) is 27.7 Å². The number of hydrogen-bond acceptors (Lipinski definition) is 3. The maximum absolute atomic E-state index is 12.7. The lowest BCUT2D eigenvalue weighted by Gasteiger charge is -2.24. The SMILES string of the molecule is O=C(Nc1ccccc1N1CCCC1)C1CC12CCNCC2. The number of nitrogens with one attached hydrogen (secondary N) is 2. The Labute approximate surface area is 132 Å².